The number of nitrogens with one attached hydrogen (secondary N) is 1. The highest BCUT2D eigenvalue weighted by Gasteiger charge is 2.18. The zero-order valence-corrected chi connectivity index (χ0v) is 10.6. The van der Waals surface area contributed by atoms with Crippen molar-refractivity contribution in [3.63, 3.8) is 0 Å². The fourth-order valence-electron chi connectivity index (χ4n) is 2.27. The second-order valence-electron chi connectivity index (χ2n) is 4.61. The molecule has 1 saturated heterocycles. The Kier molecular flexibility index (Phi) is 3.78. The Morgan fingerprint density at radius 1 is 1.41 bits per heavy atom. The van der Waals surface area contributed by atoms with Gasteiger partial charge in [0.05, 0.1) is 0 Å². The molecule has 0 radical (unpaired) electrons. The van der Waals surface area contributed by atoms with Gasteiger partial charge in [0.25, 0.3) is 0 Å². The number of anilines is 2. The van der Waals surface area contributed by atoms with Crippen molar-refractivity contribution in [2.45, 2.75) is 32.7 Å². The summed E-state index contributed by atoms with van der Waals surface area (Å²) in [5.74, 6) is 1.20. The first-order valence-electron chi connectivity index (χ1n) is 6.27. The van der Waals surface area contributed by atoms with Crippen LogP contribution in [-0.2, 0) is 0 Å². The summed E-state index contributed by atoms with van der Waals surface area (Å²) in [5.41, 5.74) is 6.55. The van der Waals surface area contributed by atoms with Crippen molar-refractivity contribution in [2.24, 2.45) is 0 Å². The molecule has 5 nitrogen and oxygen atoms in total. The Morgan fingerprint density at radius 3 is 2.71 bits per heavy atom. The highest BCUT2D eigenvalue weighted by molar-refractivity contribution is 5.41. The maximum Gasteiger partial charge on any atom is 0.222 e. The lowest BCUT2D eigenvalue weighted by molar-refractivity contribution is 0.229. The molecule has 1 aliphatic rings. The maximum absolute atomic E-state index is 5.64. The number of aryl methyl sites for hydroxylation is 1. The predicted octanol–water partition coefficient (Wildman–Crippen LogP) is 1.26. The third-order valence-electron chi connectivity index (χ3n) is 3.26. The fourth-order valence-corrected chi connectivity index (χ4v) is 2.27. The SMILES string of the molecule is CCN1CCC(Nc2cc(C)nc(N)n2)CC1. The Morgan fingerprint density at radius 2 is 2.12 bits per heavy atom. The van der Waals surface area contributed by atoms with E-state index >= 15 is 0 Å². The minimum absolute atomic E-state index is 0.346. The molecule has 0 aromatic carbocycles. The molecule has 17 heavy (non-hydrogen) atoms. The van der Waals surface area contributed by atoms with Crippen LogP contribution in [-0.4, -0.2) is 40.5 Å². The standard InChI is InChI=1S/C12H21N5/c1-3-17-6-4-10(5-7-17)15-11-8-9(2)14-12(13)16-11/h8,10H,3-7H2,1-2H3,(H3,13,14,15,16). The van der Waals surface area contributed by atoms with Crippen molar-refractivity contribution >= 4 is 11.8 Å². The number of aromatic nitrogens is 2. The minimum atomic E-state index is 0.346. The van der Waals surface area contributed by atoms with Gasteiger partial charge in [0.2, 0.25) is 5.95 Å². The van der Waals surface area contributed by atoms with Gasteiger partial charge in [-0.25, -0.2) is 4.98 Å². The van der Waals surface area contributed by atoms with Crippen LogP contribution in [0.4, 0.5) is 11.8 Å². The van der Waals surface area contributed by atoms with Crippen molar-refractivity contribution in [3.05, 3.63) is 11.8 Å². The summed E-state index contributed by atoms with van der Waals surface area (Å²) in [6.07, 6.45) is 2.33. The fraction of sp³-hybridized carbons (Fsp3) is 0.667. The zero-order valence-electron chi connectivity index (χ0n) is 10.6. The quantitative estimate of drug-likeness (QED) is 0.825. The summed E-state index contributed by atoms with van der Waals surface area (Å²) in [6.45, 7) is 7.61. The summed E-state index contributed by atoms with van der Waals surface area (Å²) in [4.78, 5) is 10.8. The second kappa shape index (κ2) is 5.31. The van der Waals surface area contributed by atoms with Crippen molar-refractivity contribution in [2.75, 3.05) is 30.7 Å². The number of hydrogen-bond donors (Lipinski definition) is 2. The van der Waals surface area contributed by atoms with Gasteiger partial charge in [-0.15, -0.1) is 0 Å². The summed E-state index contributed by atoms with van der Waals surface area (Å²) in [7, 11) is 0. The number of hydrogen-bond acceptors (Lipinski definition) is 5. The Balaban J connectivity index is 1.93. The third-order valence-corrected chi connectivity index (χ3v) is 3.26. The number of nitrogens with zero attached hydrogens (tertiary/aromatic N) is 3. The molecule has 1 fully saturated rings. The first-order valence-corrected chi connectivity index (χ1v) is 6.27. The van der Waals surface area contributed by atoms with Gasteiger partial charge in [0.15, 0.2) is 0 Å². The van der Waals surface area contributed by atoms with Crippen LogP contribution in [0.5, 0.6) is 0 Å². The Bertz CT molecular complexity index is 351. The first-order chi connectivity index (χ1) is 8.17. The number of rotatable bonds is 3. The van der Waals surface area contributed by atoms with Crippen LogP contribution in [0.3, 0.4) is 0 Å². The Hall–Kier alpha value is -1.36. The summed E-state index contributed by atoms with van der Waals surface area (Å²) >= 11 is 0. The van der Waals surface area contributed by atoms with E-state index in [-0.39, 0.29) is 0 Å². The van der Waals surface area contributed by atoms with E-state index in [1.165, 1.54) is 0 Å². The van der Waals surface area contributed by atoms with Crippen LogP contribution in [0.25, 0.3) is 0 Å². The smallest absolute Gasteiger partial charge is 0.222 e. The van der Waals surface area contributed by atoms with Gasteiger partial charge in [0, 0.05) is 30.9 Å². The van der Waals surface area contributed by atoms with Crippen LogP contribution >= 0.6 is 0 Å². The molecule has 1 aliphatic heterocycles. The van der Waals surface area contributed by atoms with Crippen molar-refractivity contribution < 1.29 is 0 Å². The molecule has 0 unspecified atom stereocenters. The van der Waals surface area contributed by atoms with Crippen LogP contribution in [0, 0.1) is 6.92 Å². The number of nitrogen functional groups attached to an aromatic ring is 1. The molecule has 1 aromatic rings. The molecule has 2 heterocycles. The maximum atomic E-state index is 5.64. The number of piperidine rings is 1. The molecule has 0 bridgehead atoms. The molecule has 0 aliphatic carbocycles. The lowest BCUT2D eigenvalue weighted by atomic mass is 10.1. The van der Waals surface area contributed by atoms with E-state index in [1.54, 1.807) is 0 Å². The summed E-state index contributed by atoms with van der Waals surface area (Å²) in [5, 5.41) is 3.45. The van der Waals surface area contributed by atoms with Crippen LogP contribution in [0.1, 0.15) is 25.5 Å². The lowest BCUT2D eigenvalue weighted by Gasteiger charge is -2.31. The average molecular weight is 235 g/mol. The molecule has 1 aromatic heterocycles. The largest absolute Gasteiger partial charge is 0.368 e. The van der Waals surface area contributed by atoms with Gasteiger partial charge in [-0.3, -0.25) is 0 Å². The van der Waals surface area contributed by atoms with Gasteiger partial charge < -0.3 is 16.0 Å². The highest BCUT2D eigenvalue weighted by atomic mass is 15.2. The van der Waals surface area contributed by atoms with Gasteiger partial charge in [-0.05, 0) is 26.3 Å². The minimum Gasteiger partial charge on any atom is -0.368 e. The van der Waals surface area contributed by atoms with E-state index in [0.29, 0.717) is 12.0 Å². The normalized spacial score (nSPS) is 18.2. The summed E-state index contributed by atoms with van der Waals surface area (Å²) in [6, 6.07) is 2.45. The van der Waals surface area contributed by atoms with E-state index in [2.05, 4.69) is 27.1 Å². The molecule has 0 saturated carbocycles. The van der Waals surface area contributed by atoms with Gasteiger partial charge in [-0.2, -0.15) is 4.98 Å². The highest BCUT2D eigenvalue weighted by Crippen LogP contribution is 2.16. The van der Waals surface area contributed by atoms with E-state index in [0.717, 1.165) is 44.0 Å². The summed E-state index contributed by atoms with van der Waals surface area (Å²) < 4.78 is 0. The zero-order chi connectivity index (χ0) is 12.3. The molecule has 0 amide bonds. The molecule has 5 heteroatoms. The molecule has 2 rings (SSSR count). The van der Waals surface area contributed by atoms with E-state index in [9.17, 15) is 0 Å². The van der Waals surface area contributed by atoms with Crippen molar-refractivity contribution in [3.8, 4) is 0 Å². The van der Waals surface area contributed by atoms with Crippen molar-refractivity contribution in [1.82, 2.24) is 14.9 Å². The Labute approximate surface area is 102 Å². The molecule has 0 atom stereocenters. The predicted molar refractivity (Wildman–Crippen MR) is 69.9 cm³/mol. The topological polar surface area (TPSA) is 67.1 Å². The van der Waals surface area contributed by atoms with Crippen molar-refractivity contribution in [1.29, 1.82) is 0 Å². The second-order valence-corrected chi connectivity index (χ2v) is 4.61. The molecule has 3 N–H and O–H groups in total. The van der Waals surface area contributed by atoms with E-state index in [4.69, 9.17) is 5.73 Å². The monoisotopic (exact) mass is 235 g/mol. The molecular formula is C12H21N5. The van der Waals surface area contributed by atoms with Crippen LogP contribution in [0.2, 0.25) is 0 Å². The van der Waals surface area contributed by atoms with E-state index in [1.807, 2.05) is 13.0 Å². The van der Waals surface area contributed by atoms with Crippen LogP contribution in [0.15, 0.2) is 6.07 Å². The van der Waals surface area contributed by atoms with Gasteiger partial charge in [-0.1, -0.05) is 6.92 Å². The molecule has 94 valence electrons. The van der Waals surface area contributed by atoms with Gasteiger partial charge >= 0.3 is 0 Å². The van der Waals surface area contributed by atoms with Crippen LogP contribution < -0.4 is 11.1 Å². The molecular weight excluding hydrogens is 214 g/mol. The lowest BCUT2D eigenvalue weighted by Crippen LogP contribution is -2.39. The van der Waals surface area contributed by atoms with E-state index < -0.39 is 0 Å². The number of likely N-dealkylation sites (tertiary alicyclic amines) is 1. The average Bonchev–Trinajstić information content (AvgIpc) is 2.28. The first kappa shape index (κ1) is 12.1. The molecule has 0 spiro atoms. The van der Waals surface area contributed by atoms with Gasteiger partial charge in [0.1, 0.15) is 5.82 Å². The number of nitrogens with two attached hydrogens (primary N) is 1. The third kappa shape index (κ3) is 3.30.